The molecular formula is C43H73NO8. The van der Waals surface area contributed by atoms with Gasteiger partial charge in [0.1, 0.15) is 11.5 Å². The monoisotopic (exact) mass is 732 g/mol. The smallest absolute Gasteiger partial charge is 0.225 e. The second kappa shape index (κ2) is 21.7. The van der Waals surface area contributed by atoms with Crippen molar-refractivity contribution in [3.63, 3.8) is 0 Å². The summed E-state index contributed by atoms with van der Waals surface area (Å²) in [4.78, 5) is 24.3. The number of rotatable bonds is 20. The van der Waals surface area contributed by atoms with E-state index in [2.05, 4.69) is 12.2 Å². The molecule has 1 amide bonds. The molecule has 9 nitrogen and oxygen atoms in total. The Labute approximate surface area is 314 Å². The molecule has 2 aliphatic rings. The molecule has 2 saturated heterocycles. The highest BCUT2D eigenvalue weighted by Crippen LogP contribution is 2.46. The Morgan fingerprint density at radius 2 is 1.67 bits per heavy atom. The van der Waals surface area contributed by atoms with Crippen molar-refractivity contribution < 1.29 is 39.9 Å². The van der Waals surface area contributed by atoms with E-state index in [4.69, 9.17) is 4.74 Å². The summed E-state index contributed by atoms with van der Waals surface area (Å²) < 4.78 is 6.66. The summed E-state index contributed by atoms with van der Waals surface area (Å²) in [6.45, 7) is 19.3. The van der Waals surface area contributed by atoms with Crippen LogP contribution < -0.4 is 5.32 Å². The van der Waals surface area contributed by atoms with Gasteiger partial charge < -0.3 is 40.4 Å². The number of carbonyl (C=O) groups excluding carboxylic acids is 2. The van der Waals surface area contributed by atoms with Gasteiger partial charge in [-0.3, -0.25) is 4.79 Å². The first-order chi connectivity index (χ1) is 24.4. The summed E-state index contributed by atoms with van der Waals surface area (Å²) in [6.07, 6.45) is 13.8. The molecule has 14 unspecified atom stereocenters. The predicted octanol–water partition coefficient (Wildman–Crippen LogP) is 6.43. The Morgan fingerprint density at radius 3 is 2.29 bits per heavy atom. The van der Waals surface area contributed by atoms with Gasteiger partial charge in [-0.05, 0) is 75.7 Å². The summed E-state index contributed by atoms with van der Waals surface area (Å²) in [6, 6.07) is 0. The summed E-state index contributed by atoms with van der Waals surface area (Å²) >= 11 is 0. The van der Waals surface area contributed by atoms with Crippen LogP contribution in [0.3, 0.4) is 0 Å². The second-order valence-corrected chi connectivity index (χ2v) is 16.6. The summed E-state index contributed by atoms with van der Waals surface area (Å²) in [5, 5.41) is 57.6. The number of allylic oxidation sites excluding steroid dienone is 5. The van der Waals surface area contributed by atoms with Gasteiger partial charge in [0.2, 0.25) is 5.91 Å². The maximum absolute atomic E-state index is 12.9. The van der Waals surface area contributed by atoms with Gasteiger partial charge in [0.25, 0.3) is 0 Å². The number of carbonyl (C=O) groups is 2. The molecule has 0 aromatic rings. The minimum absolute atomic E-state index is 0.00210. The van der Waals surface area contributed by atoms with E-state index in [0.717, 1.165) is 24.8 Å². The number of hydrogen-bond donors (Lipinski definition) is 6. The fraction of sp³-hybridized carbons (Fsp3) is 0.767. The first kappa shape index (κ1) is 46.0. The van der Waals surface area contributed by atoms with Crippen LogP contribution in [-0.2, 0) is 14.3 Å². The molecular weight excluding hydrogens is 658 g/mol. The molecule has 2 fully saturated rings. The van der Waals surface area contributed by atoms with Crippen molar-refractivity contribution in [3.8, 4) is 0 Å². The molecule has 0 aromatic carbocycles. The van der Waals surface area contributed by atoms with Gasteiger partial charge in [-0.2, -0.15) is 0 Å². The highest BCUT2D eigenvalue weighted by molar-refractivity contribution is 5.80. The number of aliphatic hydroxyl groups is 5. The number of piperidine rings is 1. The molecule has 2 rings (SSSR count). The van der Waals surface area contributed by atoms with Crippen molar-refractivity contribution in [2.24, 2.45) is 47.3 Å². The molecule has 1 spiro atoms. The molecule has 14 atom stereocenters. The topological polar surface area (TPSA) is 157 Å². The van der Waals surface area contributed by atoms with Gasteiger partial charge >= 0.3 is 0 Å². The second-order valence-electron chi connectivity index (χ2n) is 16.6. The Hall–Kier alpha value is -2.14. The number of amides is 1. The van der Waals surface area contributed by atoms with Crippen LogP contribution >= 0.6 is 0 Å². The number of Topliss-reactive ketones (excluding diaryl/α,β-unsaturated/α-hetero) is 1. The van der Waals surface area contributed by atoms with Gasteiger partial charge in [-0.25, -0.2) is 0 Å². The standard InChI is InChI=1S/C43H73NO8/c1-11-34-24-29(6)43(44-42(34)51)33(10)40(49)32(9)39(52-43)25-38(48)28(5)19-15-12-14-18-27(4)36(46)20-16-13-17-21-37(47)31(8)41(50)35(26(2)3)23-22-30(7)45/h12-14,16-18,21,26,28-29,31-41,46-50H,11,15,19-20,22-25H2,1-10H3,(H,44,51)/b14-12+,16-13+,21-17+,27-18+. The maximum atomic E-state index is 12.9. The largest absolute Gasteiger partial charge is 0.393 e. The highest BCUT2D eigenvalue weighted by atomic mass is 16.5. The fourth-order valence-electron chi connectivity index (χ4n) is 7.98. The zero-order valence-electron chi connectivity index (χ0n) is 33.7. The minimum Gasteiger partial charge on any atom is -0.393 e. The zero-order valence-corrected chi connectivity index (χ0v) is 33.7. The lowest BCUT2D eigenvalue weighted by Crippen LogP contribution is -2.71. The van der Waals surface area contributed by atoms with E-state index in [1.807, 2.05) is 79.7 Å². The van der Waals surface area contributed by atoms with Crippen LogP contribution in [0.15, 0.2) is 48.1 Å². The molecule has 0 bridgehead atoms. The lowest BCUT2D eigenvalue weighted by atomic mass is 9.69. The van der Waals surface area contributed by atoms with E-state index >= 15 is 0 Å². The first-order valence-corrected chi connectivity index (χ1v) is 19.9. The van der Waals surface area contributed by atoms with E-state index in [1.54, 1.807) is 25.2 Å². The molecule has 52 heavy (non-hydrogen) atoms. The molecule has 2 heterocycles. The van der Waals surface area contributed by atoms with Crippen LogP contribution in [-0.4, -0.2) is 79.6 Å². The van der Waals surface area contributed by atoms with Crippen molar-refractivity contribution in [2.75, 3.05) is 0 Å². The Kier molecular flexibility index (Phi) is 19.2. The normalized spacial score (nSPS) is 31.6. The van der Waals surface area contributed by atoms with Crippen molar-refractivity contribution in [3.05, 3.63) is 48.1 Å². The van der Waals surface area contributed by atoms with Crippen LogP contribution in [0.1, 0.15) is 121 Å². The van der Waals surface area contributed by atoms with E-state index < -0.39 is 36.2 Å². The van der Waals surface area contributed by atoms with E-state index in [0.29, 0.717) is 32.1 Å². The average molecular weight is 732 g/mol. The molecule has 0 radical (unpaired) electrons. The molecule has 0 saturated carbocycles. The molecule has 0 aromatic heterocycles. The Balaban J connectivity index is 1.82. The predicted molar refractivity (Wildman–Crippen MR) is 208 cm³/mol. The molecule has 9 heteroatoms. The van der Waals surface area contributed by atoms with Crippen molar-refractivity contribution in [2.45, 2.75) is 163 Å². The summed E-state index contributed by atoms with van der Waals surface area (Å²) in [5.41, 5.74) is -0.118. The highest BCUT2D eigenvalue weighted by Gasteiger charge is 2.57. The van der Waals surface area contributed by atoms with Crippen LogP contribution in [0, 0.1) is 47.3 Å². The zero-order chi connectivity index (χ0) is 39.3. The summed E-state index contributed by atoms with van der Waals surface area (Å²) in [7, 11) is 0. The average Bonchev–Trinajstić information content (AvgIpc) is 3.09. The van der Waals surface area contributed by atoms with E-state index in [9.17, 15) is 35.1 Å². The molecule has 2 aliphatic heterocycles. The van der Waals surface area contributed by atoms with Crippen LogP contribution in [0.4, 0.5) is 0 Å². The number of nitrogens with one attached hydrogen (secondary N) is 1. The van der Waals surface area contributed by atoms with E-state index in [1.165, 1.54) is 0 Å². The maximum Gasteiger partial charge on any atom is 0.225 e. The molecule has 0 aliphatic carbocycles. The van der Waals surface area contributed by atoms with Crippen molar-refractivity contribution in [1.29, 1.82) is 0 Å². The third-order valence-corrected chi connectivity index (χ3v) is 12.3. The SMILES string of the molecule is CCC1CC(C)C2(NC1=O)OC(CC(O)C(C)CC/C=C/C=C(\C)C(O)C/C=C/C=C/C(O)C(C)C(O)C(CCC(C)=O)C(C)C)C(C)C(O)C2C. The van der Waals surface area contributed by atoms with Gasteiger partial charge in [0.15, 0.2) is 0 Å². The number of ether oxygens (including phenoxy) is 1. The third-order valence-electron chi connectivity index (χ3n) is 12.3. The number of ketones is 1. The Bertz CT molecular complexity index is 1230. The van der Waals surface area contributed by atoms with Crippen molar-refractivity contribution in [1.82, 2.24) is 5.32 Å². The van der Waals surface area contributed by atoms with Gasteiger partial charge in [0, 0.05) is 42.4 Å². The number of hydrogen-bond acceptors (Lipinski definition) is 8. The van der Waals surface area contributed by atoms with Gasteiger partial charge in [0.05, 0.1) is 36.6 Å². The van der Waals surface area contributed by atoms with Crippen LogP contribution in [0.2, 0.25) is 0 Å². The molecule has 6 N–H and O–H groups in total. The Morgan fingerprint density at radius 1 is 1.00 bits per heavy atom. The first-order valence-electron chi connectivity index (χ1n) is 19.9. The van der Waals surface area contributed by atoms with Gasteiger partial charge in [-0.15, -0.1) is 0 Å². The fourth-order valence-corrected chi connectivity index (χ4v) is 7.98. The summed E-state index contributed by atoms with van der Waals surface area (Å²) in [5.74, 6) is -0.645. The molecule has 298 valence electrons. The van der Waals surface area contributed by atoms with Crippen molar-refractivity contribution >= 4 is 11.7 Å². The van der Waals surface area contributed by atoms with Crippen LogP contribution in [0.5, 0.6) is 0 Å². The third kappa shape index (κ3) is 12.7. The minimum atomic E-state index is -0.937. The van der Waals surface area contributed by atoms with Crippen LogP contribution in [0.25, 0.3) is 0 Å². The number of aliphatic hydroxyl groups excluding tert-OH is 5. The quantitative estimate of drug-likeness (QED) is 0.0783. The van der Waals surface area contributed by atoms with E-state index in [-0.39, 0.29) is 65.1 Å². The lowest BCUT2D eigenvalue weighted by Gasteiger charge is -2.56. The van der Waals surface area contributed by atoms with Gasteiger partial charge in [-0.1, -0.05) is 97.9 Å². The lowest BCUT2D eigenvalue weighted by molar-refractivity contribution is -0.267.